The molecule has 0 spiro atoms. The van der Waals surface area contributed by atoms with Crippen molar-refractivity contribution in [1.29, 1.82) is 0 Å². The van der Waals surface area contributed by atoms with Gasteiger partial charge in [0.1, 0.15) is 5.82 Å². The maximum absolute atomic E-state index is 12.6. The topological polar surface area (TPSA) is 63.9 Å². The number of para-hydroxylation sites is 1. The van der Waals surface area contributed by atoms with Crippen LogP contribution in [0.1, 0.15) is 18.3 Å². The molecule has 0 N–H and O–H groups in total. The smallest absolute Gasteiger partial charge is 0.233 e. The van der Waals surface area contributed by atoms with Crippen LogP contribution >= 0.6 is 34.9 Å². The minimum atomic E-state index is 0.0740. The van der Waals surface area contributed by atoms with Gasteiger partial charge in [-0.3, -0.25) is 4.79 Å². The van der Waals surface area contributed by atoms with Crippen molar-refractivity contribution in [2.24, 2.45) is 0 Å². The molecule has 4 aromatic rings. The number of benzene rings is 2. The van der Waals surface area contributed by atoms with Gasteiger partial charge in [-0.15, -0.1) is 21.5 Å². The lowest BCUT2D eigenvalue weighted by Crippen LogP contribution is -2.27. The number of amides is 1. The molecule has 2 aromatic carbocycles. The van der Waals surface area contributed by atoms with Crippen LogP contribution in [-0.2, 0) is 23.6 Å². The maximum atomic E-state index is 12.6. The van der Waals surface area contributed by atoms with Crippen molar-refractivity contribution in [1.82, 2.24) is 24.6 Å². The van der Waals surface area contributed by atoms with Gasteiger partial charge in [0.25, 0.3) is 0 Å². The number of rotatable bonds is 9. The van der Waals surface area contributed by atoms with Gasteiger partial charge >= 0.3 is 0 Å². The van der Waals surface area contributed by atoms with E-state index in [4.69, 9.17) is 0 Å². The molecular formula is C22H23N5OS3. The fourth-order valence-corrected chi connectivity index (χ4v) is 6.04. The third kappa shape index (κ3) is 5.47. The fourth-order valence-electron chi connectivity index (χ4n) is 3.07. The number of fused-ring (bicyclic) bond motifs is 1. The van der Waals surface area contributed by atoms with Gasteiger partial charge in [-0.05, 0) is 24.6 Å². The van der Waals surface area contributed by atoms with Crippen LogP contribution in [0.5, 0.6) is 0 Å². The van der Waals surface area contributed by atoms with Gasteiger partial charge in [-0.25, -0.2) is 4.98 Å². The van der Waals surface area contributed by atoms with Crippen molar-refractivity contribution in [2.75, 3.05) is 12.8 Å². The highest BCUT2D eigenvalue weighted by atomic mass is 32.2. The predicted octanol–water partition coefficient (Wildman–Crippen LogP) is 4.95. The van der Waals surface area contributed by atoms with E-state index < -0.39 is 0 Å². The first-order valence-electron chi connectivity index (χ1n) is 9.95. The molecule has 2 aromatic heterocycles. The summed E-state index contributed by atoms with van der Waals surface area (Å²) in [5.41, 5.74) is 2.15. The average molecular weight is 470 g/mol. The molecule has 0 fully saturated rings. The highest BCUT2D eigenvalue weighted by Gasteiger charge is 2.16. The molecule has 0 saturated carbocycles. The predicted molar refractivity (Wildman–Crippen MR) is 129 cm³/mol. The highest BCUT2D eigenvalue weighted by Crippen LogP contribution is 2.31. The van der Waals surface area contributed by atoms with Gasteiger partial charge in [0.15, 0.2) is 9.50 Å². The fraction of sp³-hybridized carbons (Fsp3) is 0.273. The van der Waals surface area contributed by atoms with Crippen LogP contribution < -0.4 is 0 Å². The van der Waals surface area contributed by atoms with E-state index in [0.29, 0.717) is 18.1 Å². The SMILES string of the molecule is CCn1c(CSc2nc3ccccc3s2)nnc1SCC(=O)N(C)Cc1ccccc1. The molecule has 2 heterocycles. The zero-order valence-electron chi connectivity index (χ0n) is 17.4. The molecule has 0 aliphatic rings. The molecule has 9 heteroatoms. The number of thioether (sulfide) groups is 2. The Morgan fingerprint density at radius 1 is 1.06 bits per heavy atom. The van der Waals surface area contributed by atoms with E-state index in [1.807, 2.05) is 55.6 Å². The normalized spacial score (nSPS) is 11.2. The molecule has 31 heavy (non-hydrogen) atoms. The van der Waals surface area contributed by atoms with Gasteiger partial charge in [0, 0.05) is 20.1 Å². The number of carbonyl (C=O) groups is 1. The van der Waals surface area contributed by atoms with Crippen molar-refractivity contribution in [3.05, 3.63) is 66.0 Å². The summed E-state index contributed by atoms with van der Waals surface area (Å²) in [5.74, 6) is 2.01. The van der Waals surface area contributed by atoms with Gasteiger partial charge in [0.05, 0.1) is 21.7 Å². The number of carbonyl (C=O) groups excluding carboxylic acids is 1. The third-order valence-corrected chi connectivity index (χ3v) is 7.85. The average Bonchev–Trinajstić information content (AvgIpc) is 3.39. The van der Waals surface area contributed by atoms with Crippen LogP contribution in [0, 0.1) is 0 Å². The molecule has 0 saturated heterocycles. The van der Waals surface area contributed by atoms with Gasteiger partial charge in [-0.1, -0.05) is 66.0 Å². The first kappa shape index (κ1) is 21.9. The molecule has 0 unspecified atom stereocenters. The summed E-state index contributed by atoms with van der Waals surface area (Å²) in [6.07, 6.45) is 0. The van der Waals surface area contributed by atoms with Crippen molar-refractivity contribution >= 4 is 51.0 Å². The molecule has 0 aliphatic carbocycles. The second-order valence-electron chi connectivity index (χ2n) is 6.90. The molecule has 0 radical (unpaired) electrons. The Balaban J connectivity index is 1.34. The Kier molecular flexibility index (Phi) is 7.26. The molecular weight excluding hydrogens is 446 g/mol. The minimum absolute atomic E-state index is 0.0740. The summed E-state index contributed by atoms with van der Waals surface area (Å²) in [6, 6.07) is 18.2. The van der Waals surface area contributed by atoms with Crippen molar-refractivity contribution in [2.45, 2.75) is 35.3 Å². The van der Waals surface area contributed by atoms with E-state index in [9.17, 15) is 4.79 Å². The highest BCUT2D eigenvalue weighted by molar-refractivity contribution is 8.00. The van der Waals surface area contributed by atoms with Crippen LogP contribution in [0.4, 0.5) is 0 Å². The summed E-state index contributed by atoms with van der Waals surface area (Å²) in [6.45, 7) is 3.44. The number of hydrogen-bond donors (Lipinski definition) is 0. The summed E-state index contributed by atoms with van der Waals surface area (Å²) < 4.78 is 4.30. The van der Waals surface area contributed by atoms with E-state index in [1.54, 1.807) is 28.0 Å². The molecule has 0 aliphatic heterocycles. The van der Waals surface area contributed by atoms with E-state index >= 15 is 0 Å². The first-order chi connectivity index (χ1) is 15.1. The monoisotopic (exact) mass is 469 g/mol. The summed E-state index contributed by atoms with van der Waals surface area (Å²) in [5, 5.41) is 9.48. The molecule has 160 valence electrons. The second kappa shape index (κ2) is 10.3. The Labute approximate surface area is 194 Å². The molecule has 6 nitrogen and oxygen atoms in total. The zero-order valence-corrected chi connectivity index (χ0v) is 19.8. The van der Waals surface area contributed by atoms with Gasteiger partial charge in [0.2, 0.25) is 5.91 Å². The van der Waals surface area contributed by atoms with Crippen LogP contribution in [0.2, 0.25) is 0 Å². The van der Waals surface area contributed by atoms with E-state index in [-0.39, 0.29) is 5.91 Å². The van der Waals surface area contributed by atoms with Crippen LogP contribution in [0.15, 0.2) is 64.1 Å². The number of aromatic nitrogens is 4. The van der Waals surface area contributed by atoms with E-state index in [0.717, 1.165) is 32.9 Å². The Morgan fingerprint density at radius 2 is 1.84 bits per heavy atom. The molecule has 0 bridgehead atoms. The lowest BCUT2D eigenvalue weighted by Gasteiger charge is -2.17. The largest absolute Gasteiger partial charge is 0.341 e. The van der Waals surface area contributed by atoms with Crippen LogP contribution in [-0.4, -0.2) is 43.4 Å². The third-order valence-electron chi connectivity index (χ3n) is 4.72. The van der Waals surface area contributed by atoms with Crippen LogP contribution in [0.25, 0.3) is 10.2 Å². The first-order valence-corrected chi connectivity index (χ1v) is 12.7. The van der Waals surface area contributed by atoms with Crippen molar-refractivity contribution < 1.29 is 4.79 Å². The Bertz CT molecular complexity index is 1130. The molecule has 0 atom stereocenters. The maximum Gasteiger partial charge on any atom is 0.233 e. The molecule has 4 rings (SSSR count). The minimum Gasteiger partial charge on any atom is -0.341 e. The summed E-state index contributed by atoms with van der Waals surface area (Å²) >= 11 is 4.81. The summed E-state index contributed by atoms with van der Waals surface area (Å²) in [7, 11) is 1.83. The number of hydrogen-bond acceptors (Lipinski definition) is 7. The quantitative estimate of drug-likeness (QED) is 0.323. The van der Waals surface area contributed by atoms with E-state index in [2.05, 4.69) is 32.7 Å². The second-order valence-corrected chi connectivity index (χ2v) is 10.1. The lowest BCUT2D eigenvalue weighted by molar-refractivity contribution is -0.127. The van der Waals surface area contributed by atoms with E-state index in [1.165, 1.54) is 16.5 Å². The standard InChI is InChI=1S/C22H23N5OS3/c1-3-27-19(14-30-22-23-17-11-7-8-12-18(17)31-22)24-25-21(27)29-15-20(28)26(2)13-16-9-5-4-6-10-16/h4-12H,3,13-15H2,1-2H3. The Hall–Kier alpha value is -2.36. The van der Waals surface area contributed by atoms with Crippen molar-refractivity contribution in [3.8, 4) is 0 Å². The number of nitrogens with zero attached hydrogens (tertiary/aromatic N) is 5. The van der Waals surface area contributed by atoms with Gasteiger partial charge < -0.3 is 9.47 Å². The van der Waals surface area contributed by atoms with Crippen molar-refractivity contribution in [3.63, 3.8) is 0 Å². The Morgan fingerprint density at radius 3 is 2.61 bits per heavy atom. The summed E-state index contributed by atoms with van der Waals surface area (Å²) in [4.78, 5) is 19.0. The van der Waals surface area contributed by atoms with Crippen LogP contribution in [0.3, 0.4) is 0 Å². The number of thiazole rings is 1. The lowest BCUT2D eigenvalue weighted by atomic mass is 10.2. The molecule has 1 amide bonds. The van der Waals surface area contributed by atoms with Gasteiger partial charge in [-0.2, -0.15) is 0 Å². The zero-order chi connectivity index (χ0) is 21.6.